The first-order valence-corrected chi connectivity index (χ1v) is 12.5. The molecule has 200 valence electrons. The average molecular weight is 515 g/mol. The monoisotopic (exact) mass is 514 g/mol. The molecule has 2 N–H and O–H groups in total. The van der Waals surface area contributed by atoms with Crippen molar-refractivity contribution in [3.63, 3.8) is 0 Å². The molecule has 1 heterocycles. The first-order chi connectivity index (χ1) is 17.8. The quantitative estimate of drug-likeness (QED) is 0.421. The average Bonchev–Trinajstić information content (AvgIpc) is 3.52. The largest absolute Gasteiger partial charge is 0.497 e. The Balaban J connectivity index is 1.46. The minimum absolute atomic E-state index is 0.0484. The first-order valence-electron chi connectivity index (χ1n) is 12.5. The molecule has 1 aliphatic carbocycles. The van der Waals surface area contributed by atoms with Crippen molar-refractivity contribution >= 4 is 11.9 Å². The van der Waals surface area contributed by atoms with Gasteiger partial charge in [-0.2, -0.15) is 0 Å². The number of carbonyl (C=O) groups excluding carboxylic acids is 2. The van der Waals surface area contributed by atoms with Crippen molar-refractivity contribution in [2.75, 3.05) is 21.3 Å². The van der Waals surface area contributed by atoms with Gasteiger partial charge in [-0.1, -0.05) is 25.1 Å². The Kier molecular flexibility index (Phi) is 8.66. The van der Waals surface area contributed by atoms with Gasteiger partial charge in [-0.15, -0.1) is 0 Å². The summed E-state index contributed by atoms with van der Waals surface area (Å²) in [6.45, 7) is 1.70. The van der Waals surface area contributed by atoms with Crippen molar-refractivity contribution in [1.82, 2.24) is 10.6 Å². The molecule has 0 radical (unpaired) electrons. The second-order valence-electron chi connectivity index (χ2n) is 9.74. The number of methoxy groups -OCH3 is 3. The second-order valence-corrected chi connectivity index (χ2v) is 9.74. The Hall–Kier alpha value is -3.17. The minimum Gasteiger partial charge on any atom is -0.497 e. The normalized spacial score (nSPS) is 22.4. The van der Waals surface area contributed by atoms with E-state index in [1.807, 2.05) is 0 Å². The summed E-state index contributed by atoms with van der Waals surface area (Å²) < 4.78 is 36.3. The van der Waals surface area contributed by atoms with Crippen LogP contribution in [0.15, 0.2) is 42.5 Å². The maximum absolute atomic E-state index is 14.4. The number of esters is 1. The highest BCUT2D eigenvalue weighted by Crippen LogP contribution is 2.42. The zero-order valence-corrected chi connectivity index (χ0v) is 21.7. The number of fused-ring (bicyclic) bond motifs is 1. The lowest BCUT2D eigenvalue weighted by molar-refractivity contribution is -0.150. The van der Waals surface area contributed by atoms with Gasteiger partial charge in [0.2, 0.25) is 5.91 Å². The van der Waals surface area contributed by atoms with Gasteiger partial charge >= 0.3 is 5.97 Å². The van der Waals surface area contributed by atoms with E-state index < -0.39 is 23.7 Å². The summed E-state index contributed by atoms with van der Waals surface area (Å²) in [4.78, 5) is 26.5. The van der Waals surface area contributed by atoms with Crippen LogP contribution >= 0.6 is 0 Å². The number of halogens is 1. The van der Waals surface area contributed by atoms with Crippen LogP contribution in [0.5, 0.6) is 11.5 Å². The zero-order chi connectivity index (χ0) is 26.5. The Morgan fingerprint density at radius 1 is 1.08 bits per heavy atom. The molecular formula is C28H35FN2O6. The van der Waals surface area contributed by atoms with Crippen LogP contribution in [0.2, 0.25) is 0 Å². The van der Waals surface area contributed by atoms with E-state index in [2.05, 4.69) is 10.6 Å². The Morgan fingerprint density at radius 3 is 2.51 bits per heavy atom. The first kappa shape index (κ1) is 26.9. The van der Waals surface area contributed by atoms with Crippen molar-refractivity contribution in [1.29, 1.82) is 0 Å². The van der Waals surface area contributed by atoms with Gasteiger partial charge in [0.15, 0.2) is 0 Å². The molecule has 4 unspecified atom stereocenters. The Morgan fingerprint density at radius 2 is 1.86 bits per heavy atom. The number of ether oxygens (including phenoxy) is 4. The summed E-state index contributed by atoms with van der Waals surface area (Å²) in [6.07, 6.45) is 1.74. The molecule has 2 fully saturated rings. The van der Waals surface area contributed by atoms with E-state index in [-0.39, 0.29) is 31.1 Å². The molecule has 1 amide bonds. The fourth-order valence-electron chi connectivity index (χ4n) is 5.08. The highest BCUT2D eigenvalue weighted by molar-refractivity contribution is 5.86. The van der Waals surface area contributed by atoms with E-state index in [1.165, 1.54) is 19.6 Å². The predicted molar refractivity (Wildman–Crippen MR) is 135 cm³/mol. The molecule has 2 aliphatic rings. The number of amides is 1. The van der Waals surface area contributed by atoms with Crippen molar-refractivity contribution in [3.05, 3.63) is 59.4 Å². The van der Waals surface area contributed by atoms with Crippen LogP contribution < -0.4 is 20.1 Å². The van der Waals surface area contributed by atoms with Crippen LogP contribution in [-0.4, -0.2) is 57.4 Å². The van der Waals surface area contributed by atoms with Gasteiger partial charge in [0.1, 0.15) is 30.0 Å². The number of benzene rings is 2. The van der Waals surface area contributed by atoms with E-state index in [1.54, 1.807) is 57.5 Å². The number of nitrogens with one attached hydrogen (secondary N) is 2. The van der Waals surface area contributed by atoms with E-state index in [0.29, 0.717) is 34.6 Å². The number of rotatable bonds is 12. The number of hydrogen-bond donors (Lipinski definition) is 2. The van der Waals surface area contributed by atoms with Crippen molar-refractivity contribution < 1.29 is 32.9 Å². The van der Waals surface area contributed by atoms with Crippen LogP contribution in [0.25, 0.3) is 0 Å². The summed E-state index contributed by atoms with van der Waals surface area (Å²) in [5, 5.41) is 6.33. The summed E-state index contributed by atoms with van der Waals surface area (Å²) in [6, 6.07) is 10.8. The smallest absolute Gasteiger partial charge is 0.329 e. The third kappa shape index (κ3) is 6.40. The molecule has 2 aromatic rings. The summed E-state index contributed by atoms with van der Waals surface area (Å²) in [5.41, 5.74) is 0.937. The topological polar surface area (TPSA) is 95.1 Å². The van der Waals surface area contributed by atoms with Crippen LogP contribution in [0.3, 0.4) is 0 Å². The van der Waals surface area contributed by atoms with Gasteiger partial charge in [0, 0.05) is 37.2 Å². The van der Waals surface area contributed by atoms with Crippen LogP contribution in [0, 0.1) is 17.7 Å². The molecule has 37 heavy (non-hydrogen) atoms. The molecule has 8 nitrogen and oxygen atoms in total. The van der Waals surface area contributed by atoms with Crippen molar-refractivity contribution in [2.45, 2.75) is 57.0 Å². The Bertz CT molecular complexity index is 1100. The predicted octanol–water partition coefficient (Wildman–Crippen LogP) is 3.02. The molecule has 9 heteroatoms. The van der Waals surface area contributed by atoms with Gasteiger partial charge in [-0.05, 0) is 42.5 Å². The van der Waals surface area contributed by atoms with E-state index in [0.717, 1.165) is 6.42 Å². The summed E-state index contributed by atoms with van der Waals surface area (Å²) >= 11 is 0. The molecule has 1 saturated carbocycles. The van der Waals surface area contributed by atoms with E-state index >= 15 is 0 Å². The highest BCUT2D eigenvalue weighted by atomic mass is 19.1. The number of hydrogen-bond acceptors (Lipinski definition) is 7. The van der Waals surface area contributed by atoms with Gasteiger partial charge in [-0.3, -0.25) is 4.79 Å². The maximum Gasteiger partial charge on any atom is 0.329 e. The lowest BCUT2D eigenvalue weighted by Gasteiger charge is -2.30. The molecule has 1 saturated heterocycles. The third-order valence-electron chi connectivity index (χ3n) is 7.33. The lowest BCUT2D eigenvalue weighted by Crippen LogP contribution is -2.51. The molecule has 0 aromatic heterocycles. The van der Waals surface area contributed by atoms with Gasteiger partial charge in [0.05, 0.1) is 26.2 Å². The highest BCUT2D eigenvalue weighted by Gasteiger charge is 2.49. The van der Waals surface area contributed by atoms with Gasteiger partial charge in [0.25, 0.3) is 0 Å². The van der Waals surface area contributed by atoms with Crippen LogP contribution in [-0.2, 0) is 32.1 Å². The number of piperidine rings is 1. The molecule has 1 aliphatic heterocycles. The molecular weight excluding hydrogens is 479 g/mol. The van der Waals surface area contributed by atoms with Crippen LogP contribution in [0.4, 0.5) is 4.39 Å². The third-order valence-corrected chi connectivity index (χ3v) is 7.33. The van der Waals surface area contributed by atoms with E-state index in [4.69, 9.17) is 18.9 Å². The van der Waals surface area contributed by atoms with Crippen molar-refractivity contribution in [3.8, 4) is 11.5 Å². The van der Waals surface area contributed by atoms with Crippen LogP contribution in [0.1, 0.15) is 30.9 Å². The molecule has 4 rings (SSSR count). The summed E-state index contributed by atoms with van der Waals surface area (Å²) in [5.74, 6) is -0.254. The number of carbonyl (C=O) groups is 2. The minimum atomic E-state index is -1.08. The molecule has 0 spiro atoms. The maximum atomic E-state index is 14.4. The Labute approximate surface area is 216 Å². The fourth-order valence-corrected chi connectivity index (χ4v) is 5.08. The van der Waals surface area contributed by atoms with Crippen molar-refractivity contribution in [2.24, 2.45) is 11.8 Å². The van der Waals surface area contributed by atoms with E-state index in [9.17, 15) is 14.0 Å². The standard InChI is InChI=1S/C28H35FN2O6/c1-16(26(36-4)23-13-19-12-22(19)30-23)27(32)31-24(11-17-7-5-6-8-21(17)29)28(33)37-15-18-9-10-20(34-2)14-25(18)35-3/h5-10,14,16,19,22-24,26,30H,11-13,15H2,1-4H3,(H,31,32)/t16?,19?,22?,23-,24?,26+/m0/s1. The molecule has 2 aromatic carbocycles. The second kappa shape index (κ2) is 11.9. The molecule has 0 bridgehead atoms. The SMILES string of the molecule is COc1ccc(COC(=O)C(Cc2ccccc2F)NC(=O)C(C)[C@@H](OC)[C@@H]2CC3CC3N2)c(OC)c1. The summed E-state index contributed by atoms with van der Waals surface area (Å²) in [7, 11) is 4.65. The fraction of sp³-hybridized carbons (Fsp3) is 0.500. The lowest BCUT2D eigenvalue weighted by atomic mass is 9.94. The van der Waals surface area contributed by atoms with Gasteiger partial charge in [-0.25, -0.2) is 9.18 Å². The van der Waals surface area contributed by atoms with Gasteiger partial charge < -0.3 is 29.6 Å². The zero-order valence-electron chi connectivity index (χ0n) is 21.7. The molecule has 6 atom stereocenters.